The monoisotopic (exact) mass is 495 g/mol. The summed E-state index contributed by atoms with van der Waals surface area (Å²) in [6, 6.07) is 13.0. The molecule has 10 heteroatoms. The van der Waals surface area contributed by atoms with Crippen molar-refractivity contribution in [3.05, 3.63) is 89.3 Å². The maximum atomic E-state index is 13.3. The highest BCUT2D eigenvalue weighted by atomic mass is 19.4. The number of nitrogens with zero attached hydrogens (tertiary/aromatic N) is 1. The first-order valence-corrected chi connectivity index (χ1v) is 10.5. The smallest absolute Gasteiger partial charge is 0.417 e. The van der Waals surface area contributed by atoms with Crippen LogP contribution in [0.1, 0.15) is 27.2 Å². The van der Waals surface area contributed by atoms with Crippen LogP contribution in [0.15, 0.2) is 66.9 Å². The lowest BCUT2D eigenvalue weighted by Gasteiger charge is -2.11. The first kappa shape index (κ1) is 26.0. The Morgan fingerprint density at radius 1 is 1.11 bits per heavy atom. The van der Waals surface area contributed by atoms with E-state index in [2.05, 4.69) is 27.5 Å². The summed E-state index contributed by atoms with van der Waals surface area (Å²) in [6.07, 6.45) is -0.616. The SMILES string of the molecule is CNC(=O)c1cc(Oc2cccc(/C=C/C(=O)Nc3ccc(C#CCO)c(C(F)(F)F)c3)c2)ccn1. The van der Waals surface area contributed by atoms with Crippen LogP contribution in [0.2, 0.25) is 0 Å². The van der Waals surface area contributed by atoms with Crippen molar-refractivity contribution in [1.82, 2.24) is 10.3 Å². The molecule has 0 radical (unpaired) electrons. The van der Waals surface area contributed by atoms with Gasteiger partial charge in [0.25, 0.3) is 5.91 Å². The highest BCUT2D eigenvalue weighted by molar-refractivity contribution is 6.02. The third-order valence-corrected chi connectivity index (χ3v) is 4.61. The lowest BCUT2D eigenvalue weighted by atomic mass is 10.1. The van der Waals surface area contributed by atoms with Gasteiger partial charge in [-0.25, -0.2) is 0 Å². The number of aliphatic hydroxyl groups is 1. The number of hydrogen-bond donors (Lipinski definition) is 3. The molecule has 0 saturated heterocycles. The first-order valence-electron chi connectivity index (χ1n) is 10.5. The number of ether oxygens (including phenoxy) is 1. The summed E-state index contributed by atoms with van der Waals surface area (Å²) in [6.45, 7) is -0.577. The van der Waals surface area contributed by atoms with E-state index in [1.807, 2.05) is 0 Å². The molecule has 1 aromatic heterocycles. The molecule has 0 saturated carbocycles. The van der Waals surface area contributed by atoms with Gasteiger partial charge in [0.2, 0.25) is 5.91 Å². The molecule has 0 atom stereocenters. The topological polar surface area (TPSA) is 101 Å². The van der Waals surface area contributed by atoms with Crippen LogP contribution in [0, 0.1) is 11.8 Å². The van der Waals surface area contributed by atoms with Gasteiger partial charge in [-0.1, -0.05) is 24.0 Å². The first-order chi connectivity index (χ1) is 17.2. The number of rotatable bonds is 6. The van der Waals surface area contributed by atoms with Crippen molar-refractivity contribution in [2.24, 2.45) is 0 Å². The van der Waals surface area contributed by atoms with Gasteiger partial charge in [0, 0.05) is 36.6 Å². The van der Waals surface area contributed by atoms with Gasteiger partial charge in [0.05, 0.1) is 5.56 Å². The van der Waals surface area contributed by atoms with E-state index in [4.69, 9.17) is 9.84 Å². The van der Waals surface area contributed by atoms with Crippen LogP contribution in [-0.4, -0.2) is 35.6 Å². The number of carbonyl (C=O) groups is 2. The van der Waals surface area contributed by atoms with Crippen molar-refractivity contribution in [1.29, 1.82) is 0 Å². The molecule has 3 rings (SSSR count). The quantitative estimate of drug-likeness (QED) is 0.351. The van der Waals surface area contributed by atoms with Gasteiger partial charge < -0.3 is 20.5 Å². The summed E-state index contributed by atoms with van der Waals surface area (Å²) >= 11 is 0. The van der Waals surface area contributed by atoms with Gasteiger partial charge in [-0.05, 0) is 48.0 Å². The van der Waals surface area contributed by atoms with E-state index in [9.17, 15) is 22.8 Å². The summed E-state index contributed by atoms with van der Waals surface area (Å²) in [4.78, 5) is 28.0. The van der Waals surface area contributed by atoms with E-state index >= 15 is 0 Å². The molecule has 2 aromatic carbocycles. The Morgan fingerprint density at radius 2 is 1.89 bits per heavy atom. The number of benzene rings is 2. The van der Waals surface area contributed by atoms with Crippen molar-refractivity contribution in [2.45, 2.75) is 6.18 Å². The zero-order valence-electron chi connectivity index (χ0n) is 18.9. The number of anilines is 1. The zero-order valence-corrected chi connectivity index (χ0v) is 18.9. The van der Waals surface area contributed by atoms with Crippen molar-refractivity contribution in [2.75, 3.05) is 19.0 Å². The fraction of sp³-hybridized carbons (Fsp3) is 0.115. The Kier molecular flexibility index (Phi) is 8.43. The van der Waals surface area contributed by atoms with Crippen LogP contribution in [0.4, 0.5) is 18.9 Å². The molecule has 0 aliphatic heterocycles. The summed E-state index contributed by atoms with van der Waals surface area (Å²) in [5, 5.41) is 13.6. The Balaban J connectivity index is 1.71. The molecular formula is C26H20F3N3O4. The number of carbonyl (C=O) groups excluding carboxylic acids is 2. The maximum absolute atomic E-state index is 13.3. The van der Waals surface area contributed by atoms with E-state index in [0.29, 0.717) is 17.1 Å². The van der Waals surface area contributed by atoms with Gasteiger partial charge in [-0.3, -0.25) is 14.6 Å². The summed E-state index contributed by atoms with van der Waals surface area (Å²) in [5.74, 6) is 4.24. The predicted molar refractivity (Wildman–Crippen MR) is 127 cm³/mol. The number of halogens is 3. The van der Waals surface area contributed by atoms with Crippen molar-refractivity contribution in [3.8, 4) is 23.3 Å². The van der Waals surface area contributed by atoms with Crippen LogP contribution >= 0.6 is 0 Å². The molecule has 0 fully saturated rings. The Bertz CT molecular complexity index is 1360. The second kappa shape index (κ2) is 11.7. The molecular weight excluding hydrogens is 475 g/mol. The third-order valence-electron chi connectivity index (χ3n) is 4.61. The second-order valence-corrected chi connectivity index (χ2v) is 7.17. The lowest BCUT2D eigenvalue weighted by Crippen LogP contribution is -2.18. The normalized spacial score (nSPS) is 10.9. The molecule has 2 amide bonds. The van der Waals surface area contributed by atoms with E-state index in [1.165, 1.54) is 37.5 Å². The maximum Gasteiger partial charge on any atom is 0.417 e. The number of hydrogen-bond acceptors (Lipinski definition) is 5. The van der Waals surface area contributed by atoms with Crippen molar-refractivity contribution >= 4 is 23.6 Å². The largest absolute Gasteiger partial charge is 0.457 e. The molecule has 0 aliphatic rings. The summed E-state index contributed by atoms with van der Waals surface area (Å²) < 4.78 is 45.8. The van der Waals surface area contributed by atoms with Crippen molar-refractivity contribution < 1.29 is 32.6 Å². The highest BCUT2D eigenvalue weighted by Crippen LogP contribution is 2.33. The van der Waals surface area contributed by atoms with Crippen molar-refractivity contribution in [3.63, 3.8) is 0 Å². The Hall–Kier alpha value is -4.62. The number of alkyl halides is 3. The standard InChI is InChI=1S/C26H20F3N3O4/c1-30-25(35)23-16-21(11-12-31-23)36-20-6-2-4-17(14-20)7-10-24(34)32-19-9-8-18(5-3-13-33)22(15-19)26(27,28)29/h2,4,6-12,14-16,33H,13H2,1H3,(H,30,35)(H,32,34)/b10-7+. The number of nitrogens with one attached hydrogen (secondary N) is 2. The predicted octanol–water partition coefficient (Wildman–Crippen LogP) is 4.25. The van der Waals surface area contributed by atoms with Gasteiger partial charge >= 0.3 is 6.18 Å². The Labute approximate surface area is 204 Å². The third kappa shape index (κ3) is 7.19. The van der Waals surface area contributed by atoms with E-state index < -0.39 is 24.3 Å². The number of pyridine rings is 1. The van der Waals surface area contributed by atoms with E-state index in [1.54, 1.807) is 30.3 Å². The number of amides is 2. The minimum Gasteiger partial charge on any atom is -0.457 e. The molecule has 0 aliphatic carbocycles. The minimum atomic E-state index is -4.69. The van der Waals surface area contributed by atoms with Crippen LogP contribution in [0.3, 0.4) is 0 Å². The lowest BCUT2D eigenvalue weighted by molar-refractivity contribution is -0.137. The molecule has 36 heavy (non-hydrogen) atoms. The van der Waals surface area contributed by atoms with E-state index in [0.717, 1.165) is 12.1 Å². The highest BCUT2D eigenvalue weighted by Gasteiger charge is 2.33. The average Bonchev–Trinajstić information content (AvgIpc) is 2.86. The fourth-order valence-corrected chi connectivity index (χ4v) is 3.00. The summed E-state index contributed by atoms with van der Waals surface area (Å²) in [5.41, 5.74) is -0.615. The van der Waals surface area contributed by atoms with Gasteiger partial charge in [0.15, 0.2) is 0 Å². The summed E-state index contributed by atoms with van der Waals surface area (Å²) in [7, 11) is 1.49. The molecule has 0 bridgehead atoms. The second-order valence-electron chi connectivity index (χ2n) is 7.17. The molecule has 184 valence electrons. The molecule has 3 aromatic rings. The molecule has 3 N–H and O–H groups in total. The van der Waals surface area contributed by atoms with Crippen LogP contribution in [0.25, 0.3) is 6.08 Å². The Morgan fingerprint density at radius 3 is 2.61 bits per heavy atom. The van der Waals surface area contributed by atoms with Crippen LogP contribution < -0.4 is 15.4 Å². The van der Waals surface area contributed by atoms with Gasteiger partial charge in [-0.15, -0.1) is 0 Å². The number of aliphatic hydroxyl groups excluding tert-OH is 1. The van der Waals surface area contributed by atoms with Gasteiger partial charge in [0.1, 0.15) is 23.8 Å². The van der Waals surface area contributed by atoms with E-state index in [-0.39, 0.29) is 22.9 Å². The molecule has 1 heterocycles. The zero-order chi connectivity index (χ0) is 26.1. The molecule has 7 nitrogen and oxygen atoms in total. The van der Waals surface area contributed by atoms with Crippen LogP contribution in [-0.2, 0) is 11.0 Å². The van der Waals surface area contributed by atoms with Crippen LogP contribution in [0.5, 0.6) is 11.5 Å². The average molecular weight is 495 g/mol. The fourth-order valence-electron chi connectivity index (χ4n) is 3.00. The minimum absolute atomic E-state index is 0.0618. The molecule has 0 spiro atoms. The molecule has 0 unspecified atom stereocenters. The van der Waals surface area contributed by atoms with Gasteiger partial charge in [-0.2, -0.15) is 13.2 Å². The number of aromatic nitrogens is 1.